The average Bonchev–Trinajstić information content (AvgIpc) is 2.84. The predicted molar refractivity (Wildman–Crippen MR) is 84.3 cm³/mol. The fraction of sp³-hybridized carbons (Fsp3) is 0.500. The van der Waals surface area contributed by atoms with Crippen LogP contribution in [0.15, 0.2) is 34.7 Å². The zero-order valence-corrected chi connectivity index (χ0v) is 12.6. The number of para-hydroxylation sites is 1. The van der Waals surface area contributed by atoms with E-state index in [0.29, 0.717) is 5.25 Å². The molecule has 1 aliphatic rings. The van der Waals surface area contributed by atoms with Gasteiger partial charge in [-0.15, -0.1) is 0 Å². The molecule has 0 saturated carbocycles. The molecule has 3 rings (SSSR count). The molecule has 3 nitrogen and oxygen atoms in total. The molecular formula is C16H21NO2S. The van der Waals surface area contributed by atoms with Gasteiger partial charge in [-0.05, 0) is 25.1 Å². The van der Waals surface area contributed by atoms with Gasteiger partial charge in [0, 0.05) is 11.1 Å². The van der Waals surface area contributed by atoms with Crippen molar-refractivity contribution in [3.05, 3.63) is 36.1 Å². The molecule has 1 aliphatic heterocycles. The molecular weight excluding hydrogens is 270 g/mol. The van der Waals surface area contributed by atoms with Crippen LogP contribution in [0.4, 0.5) is 0 Å². The molecule has 0 radical (unpaired) electrons. The lowest BCUT2D eigenvalue weighted by Gasteiger charge is -2.27. The summed E-state index contributed by atoms with van der Waals surface area (Å²) in [6.07, 6.45) is 1.13. The largest absolute Gasteiger partial charge is 0.459 e. The maximum absolute atomic E-state index is 6.00. The number of hydrogen-bond donors (Lipinski definition) is 1. The highest BCUT2D eigenvalue weighted by Crippen LogP contribution is 2.29. The lowest BCUT2D eigenvalue weighted by Crippen LogP contribution is -2.32. The number of hydrogen-bond acceptors (Lipinski definition) is 4. The average molecular weight is 291 g/mol. The van der Waals surface area contributed by atoms with E-state index in [9.17, 15) is 0 Å². The van der Waals surface area contributed by atoms with Gasteiger partial charge in [-0.2, -0.15) is 11.8 Å². The Morgan fingerprint density at radius 3 is 2.90 bits per heavy atom. The van der Waals surface area contributed by atoms with E-state index in [0.717, 1.165) is 43.3 Å². The van der Waals surface area contributed by atoms with E-state index < -0.39 is 0 Å². The molecule has 1 aromatic carbocycles. The molecule has 1 atom stereocenters. The molecule has 4 heteroatoms. The third kappa shape index (κ3) is 3.19. The van der Waals surface area contributed by atoms with Crippen LogP contribution in [0.1, 0.15) is 25.1 Å². The van der Waals surface area contributed by atoms with E-state index in [2.05, 4.69) is 30.4 Å². The van der Waals surface area contributed by atoms with Crippen LogP contribution in [0.2, 0.25) is 0 Å². The molecule has 1 unspecified atom stereocenters. The molecule has 0 spiro atoms. The first-order chi connectivity index (χ1) is 9.86. The Bertz CT molecular complexity index is 517. The van der Waals surface area contributed by atoms with Gasteiger partial charge in [0.2, 0.25) is 0 Å². The molecule has 0 bridgehead atoms. The minimum absolute atomic E-state index is 0.285. The highest BCUT2D eigenvalue weighted by molar-refractivity contribution is 8.00. The molecule has 0 aliphatic carbocycles. The van der Waals surface area contributed by atoms with Gasteiger partial charge in [0.1, 0.15) is 11.3 Å². The Morgan fingerprint density at radius 2 is 2.20 bits per heavy atom. The highest BCUT2D eigenvalue weighted by atomic mass is 32.2. The van der Waals surface area contributed by atoms with Gasteiger partial charge in [-0.3, -0.25) is 0 Å². The summed E-state index contributed by atoms with van der Waals surface area (Å²) >= 11 is 1.98. The van der Waals surface area contributed by atoms with Crippen LogP contribution < -0.4 is 5.32 Å². The quantitative estimate of drug-likeness (QED) is 0.845. The van der Waals surface area contributed by atoms with Crippen molar-refractivity contribution in [2.45, 2.75) is 24.6 Å². The molecule has 1 aromatic heterocycles. The Hall–Kier alpha value is -0.970. The Morgan fingerprint density at radius 1 is 1.35 bits per heavy atom. The predicted octanol–water partition coefficient (Wildman–Crippen LogP) is 3.61. The van der Waals surface area contributed by atoms with Crippen molar-refractivity contribution in [1.82, 2.24) is 5.32 Å². The number of ether oxygens (including phenoxy) is 1. The molecule has 20 heavy (non-hydrogen) atoms. The van der Waals surface area contributed by atoms with Crippen molar-refractivity contribution in [1.29, 1.82) is 0 Å². The molecule has 108 valence electrons. The van der Waals surface area contributed by atoms with Crippen LogP contribution in [0.25, 0.3) is 11.0 Å². The number of nitrogens with one attached hydrogen (secondary N) is 1. The molecule has 1 saturated heterocycles. The highest BCUT2D eigenvalue weighted by Gasteiger charge is 2.22. The van der Waals surface area contributed by atoms with E-state index in [-0.39, 0.29) is 6.04 Å². The summed E-state index contributed by atoms with van der Waals surface area (Å²) < 4.78 is 11.2. The number of benzene rings is 1. The Labute approximate surface area is 124 Å². The Balaban J connectivity index is 1.71. The van der Waals surface area contributed by atoms with Crippen molar-refractivity contribution in [2.24, 2.45) is 0 Å². The molecule has 2 heterocycles. The van der Waals surface area contributed by atoms with Crippen molar-refractivity contribution < 1.29 is 9.15 Å². The van der Waals surface area contributed by atoms with E-state index in [4.69, 9.17) is 9.15 Å². The van der Waals surface area contributed by atoms with Gasteiger partial charge in [0.25, 0.3) is 0 Å². The second-order valence-electron chi connectivity index (χ2n) is 5.19. The number of thioether (sulfide) groups is 1. The van der Waals surface area contributed by atoms with Gasteiger partial charge >= 0.3 is 0 Å². The summed E-state index contributed by atoms with van der Waals surface area (Å²) in [6, 6.07) is 10.7. The fourth-order valence-corrected chi connectivity index (χ4v) is 3.41. The van der Waals surface area contributed by atoms with E-state index >= 15 is 0 Å². The van der Waals surface area contributed by atoms with Gasteiger partial charge in [0.05, 0.1) is 24.5 Å². The molecule has 1 fully saturated rings. The smallest absolute Gasteiger partial charge is 0.134 e. The summed E-state index contributed by atoms with van der Waals surface area (Å²) in [5.74, 6) is 2.08. The molecule has 0 amide bonds. The normalized spacial score (nSPS) is 17.2. The third-order valence-electron chi connectivity index (χ3n) is 3.53. The first kappa shape index (κ1) is 14.0. The SMILES string of the molecule is CCCNC(CSC1COC1)c1cc2ccccc2o1. The minimum Gasteiger partial charge on any atom is -0.459 e. The standard InChI is InChI=1S/C16H21NO2S/c1-2-7-17-14(11-20-13-9-18-10-13)16-8-12-5-3-4-6-15(12)19-16/h3-6,8,13-14,17H,2,7,9-11H2,1H3. The van der Waals surface area contributed by atoms with Crippen LogP contribution in [-0.4, -0.2) is 30.8 Å². The first-order valence-corrected chi connectivity index (χ1v) is 8.33. The maximum atomic E-state index is 6.00. The first-order valence-electron chi connectivity index (χ1n) is 7.28. The van der Waals surface area contributed by atoms with E-state index in [1.807, 2.05) is 23.9 Å². The monoisotopic (exact) mass is 291 g/mol. The zero-order valence-electron chi connectivity index (χ0n) is 11.8. The minimum atomic E-state index is 0.285. The lowest BCUT2D eigenvalue weighted by atomic mass is 10.2. The Kier molecular flexibility index (Phi) is 4.65. The van der Waals surface area contributed by atoms with Crippen molar-refractivity contribution in [3.63, 3.8) is 0 Å². The van der Waals surface area contributed by atoms with Crippen LogP contribution in [0, 0.1) is 0 Å². The lowest BCUT2D eigenvalue weighted by molar-refractivity contribution is 0.0454. The molecule has 2 aromatic rings. The third-order valence-corrected chi connectivity index (χ3v) is 4.80. The van der Waals surface area contributed by atoms with Gasteiger partial charge < -0.3 is 14.5 Å². The number of furan rings is 1. The second kappa shape index (κ2) is 6.66. The van der Waals surface area contributed by atoms with E-state index in [1.54, 1.807) is 0 Å². The van der Waals surface area contributed by atoms with Crippen LogP contribution in [0.5, 0.6) is 0 Å². The zero-order chi connectivity index (χ0) is 13.8. The van der Waals surface area contributed by atoms with E-state index in [1.165, 1.54) is 5.39 Å². The topological polar surface area (TPSA) is 34.4 Å². The van der Waals surface area contributed by atoms with Crippen molar-refractivity contribution >= 4 is 22.7 Å². The summed E-state index contributed by atoms with van der Waals surface area (Å²) in [6.45, 7) is 5.00. The number of rotatable bonds is 7. The maximum Gasteiger partial charge on any atom is 0.134 e. The van der Waals surface area contributed by atoms with Crippen LogP contribution in [-0.2, 0) is 4.74 Å². The van der Waals surface area contributed by atoms with Gasteiger partial charge in [0.15, 0.2) is 0 Å². The summed E-state index contributed by atoms with van der Waals surface area (Å²) in [5.41, 5.74) is 0.975. The summed E-state index contributed by atoms with van der Waals surface area (Å²) in [4.78, 5) is 0. The molecule has 1 N–H and O–H groups in total. The van der Waals surface area contributed by atoms with Crippen LogP contribution >= 0.6 is 11.8 Å². The summed E-state index contributed by atoms with van der Waals surface area (Å²) in [7, 11) is 0. The van der Waals surface area contributed by atoms with Gasteiger partial charge in [-0.1, -0.05) is 25.1 Å². The van der Waals surface area contributed by atoms with Crippen molar-refractivity contribution in [2.75, 3.05) is 25.5 Å². The van der Waals surface area contributed by atoms with Crippen LogP contribution in [0.3, 0.4) is 0 Å². The number of fused-ring (bicyclic) bond motifs is 1. The van der Waals surface area contributed by atoms with Crippen molar-refractivity contribution in [3.8, 4) is 0 Å². The van der Waals surface area contributed by atoms with Gasteiger partial charge in [-0.25, -0.2) is 0 Å². The second-order valence-corrected chi connectivity index (χ2v) is 6.52. The summed E-state index contributed by atoms with van der Waals surface area (Å²) in [5, 5.41) is 5.44. The fourth-order valence-electron chi connectivity index (χ4n) is 2.28.